The molecule has 170 valence electrons. The molecule has 7 nitrogen and oxygen atoms in total. The summed E-state index contributed by atoms with van der Waals surface area (Å²) in [6.45, 7) is 2.72. The zero-order chi connectivity index (χ0) is 22.4. The van der Waals surface area contributed by atoms with Gasteiger partial charge in [-0.05, 0) is 44.7 Å². The number of piperidine rings is 1. The van der Waals surface area contributed by atoms with Crippen LogP contribution in [0.2, 0.25) is 10.0 Å². The third kappa shape index (κ3) is 6.50. The fourth-order valence-corrected chi connectivity index (χ4v) is 4.58. The Hall–Kier alpha value is -1.99. The van der Waals surface area contributed by atoms with E-state index in [-0.39, 0.29) is 39.6 Å². The van der Waals surface area contributed by atoms with E-state index in [1.807, 2.05) is 0 Å². The van der Waals surface area contributed by atoms with E-state index in [1.54, 1.807) is 30.0 Å². The predicted octanol–water partition coefficient (Wildman–Crippen LogP) is 3.73. The number of urea groups is 1. The van der Waals surface area contributed by atoms with Crippen molar-refractivity contribution in [3.8, 4) is 0 Å². The molecular weight excluding hydrogens is 439 g/mol. The topological polar surface area (TPSA) is 90.5 Å². The smallest absolute Gasteiger partial charge is 0.315 e. The second-order valence-electron chi connectivity index (χ2n) is 8.35. The van der Waals surface area contributed by atoms with E-state index in [0.717, 1.165) is 12.8 Å². The lowest BCUT2D eigenvalue weighted by Crippen LogP contribution is -2.54. The van der Waals surface area contributed by atoms with Gasteiger partial charge in [0.15, 0.2) is 0 Å². The number of hydrogen-bond donors (Lipinski definition) is 3. The monoisotopic (exact) mass is 468 g/mol. The van der Waals surface area contributed by atoms with E-state index >= 15 is 0 Å². The summed E-state index contributed by atoms with van der Waals surface area (Å²) in [5.41, 5.74) is 0.237. The average Bonchev–Trinajstić information content (AvgIpc) is 2.76. The molecule has 1 saturated carbocycles. The van der Waals surface area contributed by atoms with Gasteiger partial charge in [-0.2, -0.15) is 0 Å². The summed E-state index contributed by atoms with van der Waals surface area (Å²) >= 11 is 12.1. The molecule has 3 N–H and O–H groups in total. The highest BCUT2D eigenvalue weighted by Gasteiger charge is 2.28. The molecule has 3 rings (SSSR count). The van der Waals surface area contributed by atoms with Crippen LogP contribution in [0.25, 0.3) is 0 Å². The Bertz CT molecular complexity index is 806. The molecule has 4 amide bonds. The predicted molar refractivity (Wildman–Crippen MR) is 122 cm³/mol. The fourth-order valence-electron chi connectivity index (χ4n) is 4.19. The van der Waals surface area contributed by atoms with Gasteiger partial charge >= 0.3 is 6.03 Å². The van der Waals surface area contributed by atoms with Crippen molar-refractivity contribution in [1.29, 1.82) is 0 Å². The second kappa shape index (κ2) is 11.0. The van der Waals surface area contributed by atoms with Crippen molar-refractivity contribution in [2.75, 3.05) is 13.1 Å². The highest BCUT2D eigenvalue weighted by atomic mass is 35.5. The molecule has 1 unspecified atom stereocenters. The Kier molecular flexibility index (Phi) is 8.43. The summed E-state index contributed by atoms with van der Waals surface area (Å²) in [6.07, 6.45) is 7.05. The van der Waals surface area contributed by atoms with Crippen LogP contribution < -0.4 is 16.0 Å². The van der Waals surface area contributed by atoms with Crippen LogP contribution in [0.4, 0.5) is 4.79 Å². The van der Waals surface area contributed by atoms with Crippen molar-refractivity contribution >= 4 is 41.0 Å². The minimum absolute atomic E-state index is 0.0443. The Labute approximate surface area is 193 Å². The number of carbonyl (C=O) groups excluding carboxylic acids is 3. The van der Waals surface area contributed by atoms with E-state index in [9.17, 15) is 14.4 Å². The lowest BCUT2D eigenvalue weighted by atomic mass is 9.96. The van der Waals surface area contributed by atoms with Crippen LogP contribution in [0.15, 0.2) is 18.2 Å². The standard InChI is InChI=1S/C22H30Cl2N4O3/c1-14(25-20(29)17-8-5-9-18(23)19(17)24)21(30)28-12-10-16(11-13-28)27-22(31)26-15-6-3-2-4-7-15/h5,8-9,14-16H,2-4,6-7,10-13H2,1H3,(H,25,29)(H2,26,27,31). The summed E-state index contributed by atoms with van der Waals surface area (Å²) in [4.78, 5) is 39.2. The van der Waals surface area contributed by atoms with Crippen LogP contribution in [0.1, 0.15) is 62.2 Å². The second-order valence-corrected chi connectivity index (χ2v) is 9.13. The highest BCUT2D eigenvalue weighted by molar-refractivity contribution is 6.43. The maximum atomic E-state index is 12.8. The molecule has 0 aromatic heterocycles. The first kappa shape index (κ1) is 23.7. The number of rotatable bonds is 5. The van der Waals surface area contributed by atoms with Crippen molar-refractivity contribution in [1.82, 2.24) is 20.9 Å². The van der Waals surface area contributed by atoms with Gasteiger partial charge in [-0.25, -0.2) is 4.79 Å². The summed E-state index contributed by atoms with van der Waals surface area (Å²) < 4.78 is 0. The van der Waals surface area contributed by atoms with Gasteiger partial charge in [0.2, 0.25) is 5.91 Å². The van der Waals surface area contributed by atoms with E-state index < -0.39 is 11.9 Å². The summed E-state index contributed by atoms with van der Waals surface area (Å²) in [7, 11) is 0. The lowest BCUT2D eigenvalue weighted by Gasteiger charge is -2.34. The zero-order valence-corrected chi connectivity index (χ0v) is 19.3. The number of nitrogens with one attached hydrogen (secondary N) is 3. The average molecular weight is 469 g/mol. The number of halogens is 2. The lowest BCUT2D eigenvalue weighted by molar-refractivity contribution is -0.133. The first-order chi connectivity index (χ1) is 14.8. The third-order valence-electron chi connectivity index (χ3n) is 6.00. The van der Waals surface area contributed by atoms with Crippen molar-refractivity contribution < 1.29 is 14.4 Å². The molecule has 2 aliphatic rings. The summed E-state index contributed by atoms with van der Waals surface area (Å²) in [5, 5.41) is 9.25. The van der Waals surface area contributed by atoms with Crippen molar-refractivity contribution in [3.05, 3.63) is 33.8 Å². The number of carbonyl (C=O) groups is 3. The van der Waals surface area contributed by atoms with E-state index in [4.69, 9.17) is 23.2 Å². The first-order valence-corrected chi connectivity index (χ1v) is 11.7. The number of benzene rings is 1. The Morgan fingerprint density at radius 2 is 1.58 bits per heavy atom. The van der Waals surface area contributed by atoms with E-state index in [1.165, 1.54) is 19.3 Å². The van der Waals surface area contributed by atoms with Gasteiger partial charge in [-0.1, -0.05) is 48.5 Å². The van der Waals surface area contributed by atoms with Gasteiger partial charge in [0.05, 0.1) is 15.6 Å². The largest absolute Gasteiger partial charge is 0.341 e. The van der Waals surface area contributed by atoms with Crippen LogP contribution in [0, 0.1) is 0 Å². The molecular formula is C22H30Cl2N4O3. The van der Waals surface area contributed by atoms with Gasteiger partial charge in [0.1, 0.15) is 6.04 Å². The van der Waals surface area contributed by atoms with Gasteiger partial charge < -0.3 is 20.9 Å². The van der Waals surface area contributed by atoms with Crippen LogP contribution in [0.5, 0.6) is 0 Å². The number of hydrogen-bond acceptors (Lipinski definition) is 3. The Balaban J connectivity index is 1.43. The van der Waals surface area contributed by atoms with Crippen molar-refractivity contribution in [2.45, 2.75) is 70.0 Å². The van der Waals surface area contributed by atoms with Crippen LogP contribution in [0.3, 0.4) is 0 Å². The van der Waals surface area contributed by atoms with Crippen molar-refractivity contribution in [3.63, 3.8) is 0 Å². The van der Waals surface area contributed by atoms with Crippen LogP contribution in [-0.4, -0.2) is 54.0 Å². The normalized spacial score (nSPS) is 18.9. The molecule has 0 bridgehead atoms. The molecule has 9 heteroatoms. The van der Waals surface area contributed by atoms with Gasteiger partial charge in [-0.3, -0.25) is 9.59 Å². The van der Waals surface area contributed by atoms with E-state index in [0.29, 0.717) is 25.9 Å². The summed E-state index contributed by atoms with van der Waals surface area (Å²) in [6, 6.07) is 4.31. The Morgan fingerprint density at radius 3 is 2.23 bits per heavy atom. The molecule has 1 heterocycles. The SMILES string of the molecule is CC(NC(=O)c1cccc(Cl)c1Cl)C(=O)N1CCC(NC(=O)NC2CCCCC2)CC1. The number of likely N-dealkylation sites (tertiary alicyclic amines) is 1. The molecule has 2 fully saturated rings. The minimum atomic E-state index is -0.693. The van der Waals surface area contributed by atoms with E-state index in [2.05, 4.69) is 16.0 Å². The highest BCUT2D eigenvalue weighted by Crippen LogP contribution is 2.25. The maximum Gasteiger partial charge on any atom is 0.315 e. The zero-order valence-electron chi connectivity index (χ0n) is 17.8. The quantitative estimate of drug-likeness (QED) is 0.614. The molecule has 0 spiro atoms. The van der Waals surface area contributed by atoms with Gasteiger partial charge in [0, 0.05) is 25.2 Å². The fraction of sp³-hybridized carbons (Fsp3) is 0.591. The molecule has 1 saturated heterocycles. The molecule has 1 atom stereocenters. The maximum absolute atomic E-state index is 12.8. The van der Waals surface area contributed by atoms with Crippen LogP contribution in [-0.2, 0) is 4.79 Å². The number of nitrogens with zero attached hydrogens (tertiary/aromatic N) is 1. The molecule has 1 aromatic rings. The first-order valence-electron chi connectivity index (χ1n) is 11.0. The van der Waals surface area contributed by atoms with Crippen molar-refractivity contribution in [2.24, 2.45) is 0 Å². The van der Waals surface area contributed by atoms with Gasteiger partial charge in [-0.15, -0.1) is 0 Å². The minimum Gasteiger partial charge on any atom is -0.341 e. The molecule has 1 aromatic carbocycles. The summed E-state index contributed by atoms with van der Waals surface area (Å²) in [5.74, 6) is -0.596. The third-order valence-corrected chi connectivity index (χ3v) is 6.82. The molecule has 0 radical (unpaired) electrons. The van der Waals surface area contributed by atoms with Crippen LogP contribution >= 0.6 is 23.2 Å². The molecule has 1 aliphatic heterocycles. The van der Waals surface area contributed by atoms with Gasteiger partial charge in [0.25, 0.3) is 5.91 Å². The molecule has 31 heavy (non-hydrogen) atoms. The number of amides is 4. The molecule has 1 aliphatic carbocycles. The Morgan fingerprint density at radius 1 is 0.968 bits per heavy atom.